The van der Waals surface area contributed by atoms with Gasteiger partial charge in [0.05, 0.1) is 18.2 Å². The van der Waals surface area contributed by atoms with Crippen LogP contribution in [-0.2, 0) is 10.0 Å². The number of carbonyl (C=O) groups excluding carboxylic acids is 1. The van der Waals surface area contributed by atoms with Crippen molar-refractivity contribution >= 4 is 38.9 Å². The molecule has 0 aliphatic heterocycles. The van der Waals surface area contributed by atoms with Crippen LogP contribution in [0.3, 0.4) is 0 Å². The van der Waals surface area contributed by atoms with Crippen LogP contribution in [0.25, 0.3) is 11.1 Å². The summed E-state index contributed by atoms with van der Waals surface area (Å²) in [4.78, 5) is 12.4. The Morgan fingerprint density at radius 2 is 1.69 bits per heavy atom. The number of hydrogen-bond donors (Lipinski definition) is 2. The first-order valence-electron chi connectivity index (χ1n) is 7.54. The standard InChI is InChI=1S/C18H15ClN2O4S/c1-26(23,24)21-16-9-14(19)8-15(10-16)20-18(22)17-7-13(11-25-17)12-5-3-2-4-6-12/h2-11,21H,1H3,(H,20,22). The van der Waals surface area contributed by atoms with Crippen molar-refractivity contribution in [2.45, 2.75) is 0 Å². The van der Waals surface area contributed by atoms with E-state index in [1.165, 1.54) is 24.5 Å². The third-order valence-corrected chi connectivity index (χ3v) is 4.21. The number of amides is 1. The van der Waals surface area contributed by atoms with Crippen molar-refractivity contribution in [1.29, 1.82) is 0 Å². The number of nitrogens with one attached hydrogen (secondary N) is 2. The first kappa shape index (κ1) is 18.0. The predicted molar refractivity (Wildman–Crippen MR) is 102 cm³/mol. The molecule has 8 heteroatoms. The van der Waals surface area contributed by atoms with Crippen LogP contribution in [0, 0.1) is 0 Å². The fourth-order valence-electron chi connectivity index (χ4n) is 2.36. The van der Waals surface area contributed by atoms with E-state index >= 15 is 0 Å². The summed E-state index contributed by atoms with van der Waals surface area (Å²) in [5, 5.41) is 2.91. The van der Waals surface area contributed by atoms with Gasteiger partial charge in [-0.1, -0.05) is 41.9 Å². The van der Waals surface area contributed by atoms with Crippen molar-refractivity contribution in [2.24, 2.45) is 0 Å². The molecule has 0 spiro atoms. The van der Waals surface area contributed by atoms with Gasteiger partial charge >= 0.3 is 0 Å². The molecule has 0 saturated carbocycles. The van der Waals surface area contributed by atoms with Crippen LogP contribution in [0.2, 0.25) is 5.02 Å². The molecule has 0 aliphatic rings. The van der Waals surface area contributed by atoms with Gasteiger partial charge in [0.2, 0.25) is 10.0 Å². The summed E-state index contributed by atoms with van der Waals surface area (Å²) >= 11 is 5.98. The minimum Gasteiger partial charge on any atom is -0.459 e. The molecule has 1 amide bonds. The van der Waals surface area contributed by atoms with E-state index in [1.54, 1.807) is 6.07 Å². The van der Waals surface area contributed by atoms with Crippen LogP contribution >= 0.6 is 11.6 Å². The highest BCUT2D eigenvalue weighted by Crippen LogP contribution is 2.25. The number of benzene rings is 2. The molecular weight excluding hydrogens is 376 g/mol. The smallest absolute Gasteiger partial charge is 0.291 e. The fraction of sp³-hybridized carbons (Fsp3) is 0.0556. The van der Waals surface area contributed by atoms with E-state index in [0.717, 1.165) is 17.4 Å². The molecule has 2 N–H and O–H groups in total. The molecule has 0 atom stereocenters. The number of rotatable bonds is 5. The van der Waals surface area contributed by atoms with Crippen LogP contribution in [0.15, 0.2) is 65.3 Å². The van der Waals surface area contributed by atoms with Crippen molar-refractivity contribution < 1.29 is 17.6 Å². The van der Waals surface area contributed by atoms with Crippen LogP contribution < -0.4 is 10.0 Å². The van der Waals surface area contributed by atoms with Crippen molar-refractivity contribution in [3.05, 3.63) is 71.6 Å². The zero-order valence-corrected chi connectivity index (χ0v) is 15.3. The molecule has 0 unspecified atom stereocenters. The molecule has 134 valence electrons. The molecule has 2 aromatic carbocycles. The Bertz CT molecular complexity index is 1050. The van der Waals surface area contributed by atoms with Crippen LogP contribution in [-0.4, -0.2) is 20.6 Å². The molecule has 0 radical (unpaired) electrons. The highest BCUT2D eigenvalue weighted by molar-refractivity contribution is 7.92. The van der Waals surface area contributed by atoms with E-state index in [1.807, 2.05) is 30.3 Å². The van der Waals surface area contributed by atoms with E-state index in [0.29, 0.717) is 5.69 Å². The van der Waals surface area contributed by atoms with E-state index in [9.17, 15) is 13.2 Å². The lowest BCUT2D eigenvalue weighted by Gasteiger charge is -2.08. The lowest BCUT2D eigenvalue weighted by molar-refractivity contribution is 0.0996. The quantitative estimate of drug-likeness (QED) is 0.682. The first-order valence-corrected chi connectivity index (χ1v) is 9.81. The summed E-state index contributed by atoms with van der Waals surface area (Å²) in [7, 11) is -3.46. The van der Waals surface area contributed by atoms with Gasteiger partial charge in [0.15, 0.2) is 5.76 Å². The zero-order chi connectivity index (χ0) is 18.7. The average Bonchev–Trinajstić information content (AvgIpc) is 3.03. The number of hydrogen-bond acceptors (Lipinski definition) is 4. The minimum absolute atomic E-state index is 0.126. The average molecular weight is 391 g/mol. The van der Waals surface area contributed by atoms with Gasteiger partial charge in [0, 0.05) is 16.3 Å². The van der Waals surface area contributed by atoms with E-state index in [2.05, 4.69) is 10.0 Å². The maximum absolute atomic E-state index is 12.4. The van der Waals surface area contributed by atoms with Gasteiger partial charge in [0.1, 0.15) is 0 Å². The number of sulfonamides is 1. The Balaban J connectivity index is 1.79. The zero-order valence-electron chi connectivity index (χ0n) is 13.7. The maximum Gasteiger partial charge on any atom is 0.291 e. The second-order valence-corrected chi connectivity index (χ2v) is 7.81. The van der Waals surface area contributed by atoms with Gasteiger partial charge < -0.3 is 9.73 Å². The monoisotopic (exact) mass is 390 g/mol. The Hall–Kier alpha value is -2.77. The highest BCUT2D eigenvalue weighted by atomic mass is 35.5. The van der Waals surface area contributed by atoms with Gasteiger partial charge in [-0.3, -0.25) is 9.52 Å². The van der Waals surface area contributed by atoms with E-state index < -0.39 is 15.9 Å². The molecule has 0 bridgehead atoms. The topological polar surface area (TPSA) is 88.4 Å². The third kappa shape index (κ3) is 4.65. The van der Waals surface area contributed by atoms with E-state index in [4.69, 9.17) is 16.0 Å². The van der Waals surface area contributed by atoms with Gasteiger partial charge in [-0.05, 0) is 29.8 Å². The predicted octanol–water partition coefficient (Wildman–Crippen LogP) is 4.22. The molecule has 1 heterocycles. The first-order chi connectivity index (χ1) is 12.3. The van der Waals surface area contributed by atoms with Gasteiger partial charge in [0.25, 0.3) is 5.91 Å². The molecule has 6 nitrogen and oxygen atoms in total. The van der Waals surface area contributed by atoms with Crippen molar-refractivity contribution in [3.63, 3.8) is 0 Å². The molecule has 0 fully saturated rings. The maximum atomic E-state index is 12.4. The summed E-state index contributed by atoms with van der Waals surface area (Å²) in [6, 6.07) is 15.6. The molecular formula is C18H15ClN2O4S. The van der Waals surface area contributed by atoms with Crippen LogP contribution in [0.5, 0.6) is 0 Å². The Morgan fingerprint density at radius 3 is 2.38 bits per heavy atom. The van der Waals surface area contributed by atoms with Crippen LogP contribution in [0.4, 0.5) is 11.4 Å². The second-order valence-electron chi connectivity index (χ2n) is 5.62. The molecule has 3 aromatic rings. The number of halogens is 1. The lowest BCUT2D eigenvalue weighted by atomic mass is 10.1. The van der Waals surface area contributed by atoms with Crippen molar-refractivity contribution in [2.75, 3.05) is 16.3 Å². The third-order valence-electron chi connectivity index (χ3n) is 3.39. The Kier molecular flexibility index (Phi) is 5.01. The molecule has 0 saturated heterocycles. The SMILES string of the molecule is CS(=O)(=O)Nc1cc(Cl)cc(NC(=O)c2cc(-c3ccccc3)co2)c1. The molecule has 26 heavy (non-hydrogen) atoms. The summed E-state index contributed by atoms with van der Waals surface area (Å²) < 4.78 is 30.3. The number of furan rings is 1. The largest absolute Gasteiger partial charge is 0.459 e. The van der Waals surface area contributed by atoms with Crippen LogP contribution in [0.1, 0.15) is 10.6 Å². The fourth-order valence-corrected chi connectivity index (χ4v) is 3.15. The second kappa shape index (κ2) is 7.23. The van der Waals surface area contributed by atoms with Gasteiger partial charge in [-0.25, -0.2) is 8.42 Å². The number of carbonyl (C=O) groups is 1. The summed E-state index contributed by atoms with van der Waals surface area (Å²) in [6.45, 7) is 0. The van der Waals surface area contributed by atoms with E-state index in [-0.39, 0.29) is 16.5 Å². The molecule has 3 rings (SSSR count). The number of anilines is 2. The van der Waals surface area contributed by atoms with Gasteiger partial charge in [-0.15, -0.1) is 0 Å². The highest BCUT2D eigenvalue weighted by Gasteiger charge is 2.14. The molecule has 1 aromatic heterocycles. The Labute approximate surface area is 155 Å². The Morgan fingerprint density at radius 1 is 1.00 bits per heavy atom. The summed E-state index contributed by atoms with van der Waals surface area (Å²) in [5.74, 6) is -0.346. The summed E-state index contributed by atoms with van der Waals surface area (Å²) in [5.41, 5.74) is 2.30. The van der Waals surface area contributed by atoms with Crippen molar-refractivity contribution in [3.8, 4) is 11.1 Å². The normalized spacial score (nSPS) is 11.2. The van der Waals surface area contributed by atoms with Gasteiger partial charge in [-0.2, -0.15) is 0 Å². The lowest BCUT2D eigenvalue weighted by Crippen LogP contribution is -2.12. The van der Waals surface area contributed by atoms with Crippen molar-refractivity contribution in [1.82, 2.24) is 0 Å². The molecule has 0 aliphatic carbocycles. The summed E-state index contributed by atoms with van der Waals surface area (Å²) in [6.07, 6.45) is 2.53. The minimum atomic E-state index is -3.46.